The van der Waals surface area contributed by atoms with E-state index in [4.69, 9.17) is 4.74 Å². The molecule has 2 aromatic heterocycles. The summed E-state index contributed by atoms with van der Waals surface area (Å²) < 4.78 is 7.16. The van der Waals surface area contributed by atoms with Gasteiger partial charge in [-0.05, 0) is 45.2 Å². The summed E-state index contributed by atoms with van der Waals surface area (Å²) in [7, 11) is 1.83. The lowest BCUT2D eigenvalue weighted by Crippen LogP contribution is -2.35. The zero-order valence-electron chi connectivity index (χ0n) is 19.0. The Kier molecular flexibility index (Phi) is 6.48. The fourth-order valence-corrected chi connectivity index (χ4v) is 3.55. The van der Waals surface area contributed by atoms with Crippen molar-refractivity contribution in [3.05, 3.63) is 42.4 Å². The van der Waals surface area contributed by atoms with Crippen molar-refractivity contribution in [1.82, 2.24) is 20.1 Å². The highest BCUT2D eigenvalue weighted by Gasteiger charge is 2.25. The molecule has 3 rings (SSSR count). The van der Waals surface area contributed by atoms with Gasteiger partial charge in [0.2, 0.25) is 5.91 Å². The van der Waals surface area contributed by atoms with Gasteiger partial charge in [0.25, 0.3) is 0 Å². The highest BCUT2D eigenvalue weighted by Crippen LogP contribution is 2.31. The van der Waals surface area contributed by atoms with Crippen LogP contribution >= 0.6 is 0 Å². The number of hydrogen-bond acceptors (Lipinski definition) is 5. The minimum Gasteiger partial charge on any atom is -0.444 e. The van der Waals surface area contributed by atoms with Crippen LogP contribution in [-0.2, 0) is 16.6 Å². The first-order valence-electron chi connectivity index (χ1n) is 10.5. The molecule has 0 saturated heterocycles. The molecule has 8 nitrogen and oxygen atoms in total. The summed E-state index contributed by atoms with van der Waals surface area (Å²) in [5, 5.41) is 10.3. The summed E-state index contributed by atoms with van der Waals surface area (Å²) in [6.07, 6.45) is 7.13. The largest absolute Gasteiger partial charge is 0.444 e. The van der Waals surface area contributed by atoms with Crippen molar-refractivity contribution in [1.29, 1.82) is 0 Å². The molecule has 1 aliphatic heterocycles. The van der Waals surface area contributed by atoms with Gasteiger partial charge in [0.1, 0.15) is 5.60 Å². The van der Waals surface area contributed by atoms with E-state index in [1.54, 1.807) is 17.1 Å². The lowest BCUT2D eigenvalue weighted by molar-refractivity contribution is -0.119. The third-order valence-electron chi connectivity index (χ3n) is 5.04. The molecule has 0 aliphatic carbocycles. The molecule has 0 saturated carbocycles. The molecule has 3 heterocycles. The topological polar surface area (TPSA) is 98.1 Å². The number of carbonyl (C=O) groups excluding carboxylic acids is 2. The Bertz CT molecular complexity index is 987. The van der Waals surface area contributed by atoms with Crippen LogP contribution in [0, 0.1) is 11.8 Å². The Hall–Kier alpha value is -3.16. The normalized spacial score (nSPS) is 19.1. The SMILES string of the molecule is CC(C)C1C=CCC(NC(=O)OC(C)(C)C)c2cc(ccn2)-c2c(cnn2C)NC1=O. The first kappa shape index (κ1) is 22.5. The van der Waals surface area contributed by atoms with Gasteiger partial charge >= 0.3 is 6.09 Å². The zero-order valence-corrected chi connectivity index (χ0v) is 19.0. The number of rotatable bonds is 2. The molecular weight excluding hydrogens is 394 g/mol. The van der Waals surface area contributed by atoms with E-state index in [-0.39, 0.29) is 17.7 Å². The predicted octanol–water partition coefficient (Wildman–Crippen LogP) is 4.22. The van der Waals surface area contributed by atoms with Crippen molar-refractivity contribution in [2.24, 2.45) is 18.9 Å². The second-order valence-electron chi connectivity index (χ2n) is 9.12. The number of nitrogens with one attached hydrogen (secondary N) is 2. The van der Waals surface area contributed by atoms with Crippen LogP contribution in [0.3, 0.4) is 0 Å². The van der Waals surface area contributed by atoms with Crippen LogP contribution in [0.1, 0.15) is 52.8 Å². The standard InChI is InChI=1S/C23H31N5O3/c1-14(2)16-8-7-9-17(27-22(30)31-23(3,4)5)18-12-15(10-11-24-18)20-19(26-21(16)29)13-25-28(20)6/h7-8,10-14,16-17H,9H2,1-6H3,(H,26,29)(H,27,30). The van der Waals surface area contributed by atoms with E-state index in [1.165, 1.54) is 0 Å². The molecule has 0 radical (unpaired) electrons. The van der Waals surface area contributed by atoms with Crippen LogP contribution in [0.15, 0.2) is 36.7 Å². The molecule has 0 fully saturated rings. The van der Waals surface area contributed by atoms with E-state index in [0.717, 1.165) is 11.3 Å². The highest BCUT2D eigenvalue weighted by atomic mass is 16.6. The van der Waals surface area contributed by atoms with Crippen LogP contribution in [0.4, 0.5) is 10.5 Å². The Morgan fingerprint density at radius 2 is 2.10 bits per heavy atom. The molecule has 0 spiro atoms. The fraction of sp³-hybridized carbons (Fsp3) is 0.478. The maximum Gasteiger partial charge on any atom is 0.408 e. The summed E-state index contributed by atoms with van der Waals surface area (Å²) in [6.45, 7) is 9.47. The lowest BCUT2D eigenvalue weighted by atomic mass is 9.93. The number of alkyl carbamates (subject to hydrolysis) is 1. The number of amides is 2. The third-order valence-corrected chi connectivity index (χ3v) is 5.04. The molecule has 2 unspecified atom stereocenters. The van der Waals surface area contributed by atoms with E-state index < -0.39 is 17.7 Å². The minimum atomic E-state index is -0.606. The van der Waals surface area contributed by atoms with E-state index >= 15 is 0 Å². The average Bonchev–Trinajstić information content (AvgIpc) is 3.01. The maximum absolute atomic E-state index is 13.0. The summed E-state index contributed by atoms with van der Waals surface area (Å²) in [4.78, 5) is 30.0. The smallest absolute Gasteiger partial charge is 0.408 e. The number of ether oxygens (including phenoxy) is 1. The van der Waals surface area contributed by atoms with Crippen LogP contribution < -0.4 is 10.6 Å². The molecule has 1 aliphatic rings. The Morgan fingerprint density at radius 1 is 1.35 bits per heavy atom. The summed E-state index contributed by atoms with van der Waals surface area (Å²) >= 11 is 0. The van der Waals surface area contributed by atoms with E-state index in [1.807, 2.05) is 66.0 Å². The number of nitrogens with zero attached hydrogens (tertiary/aromatic N) is 3. The van der Waals surface area contributed by atoms with Crippen molar-refractivity contribution in [2.75, 3.05) is 5.32 Å². The summed E-state index contributed by atoms with van der Waals surface area (Å²) in [5.41, 5.74) is 2.36. The first-order valence-corrected chi connectivity index (χ1v) is 10.5. The second-order valence-corrected chi connectivity index (χ2v) is 9.12. The monoisotopic (exact) mass is 425 g/mol. The molecule has 166 valence electrons. The van der Waals surface area contributed by atoms with Crippen LogP contribution in [0.25, 0.3) is 11.3 Å². The van der Waals surface area contributed by atoms with E-state index in [2.05, 4.69) is 20.7 Å². The summed E-state index contributed by atoms with van der Waals surface area (Å²) in [6, 6.07) is 3.37. The Morgan fingerprint density at radius 3 is 2.77 bits per heavy atom. The molecule has 2 amide bonds. The maximum atomic E-state index is 13.0. The molecule has 8 heteroatoms. The number of anilines is 1. The average molecular weight is 426 g/mol. The van der Waals surface area contributed by atoms with Crippen molar-refractivity contribution in [3.63, 3.8) is 0 Å². The van der Waals surface area contributed by atoms with Gasteiger partial charge in [0.15, 0.2) is 0 Å². The van der Waals surface area contributed by atoms with Gasteiger partial charge in [0.05, 0.1) is 35.2 Å². The lowest BCUT2D eigenvalue weighted by Gasteiger charge is -2.24. The fourth-order valence-electron chi connectivity index (χ4n) is 3.55. The number of aryl methyl sites for hydroxylation is 1. The van der Waals surface area contributed by atoms with Gasteiger partial charge in [-0.15, -0.1) is 0 Å². The molecule has 31 heavy (non-hydrogen) atoms. The molecule has 2 atom stereocenters. The third kappa shape index (κ3) is 5.51. The van der Waals surface area contributed by atoms with Crippen molar-refractivity contribution < 1.29 is 14.3 Å². The molecule has 2 N–H and O–H groups in total. The van der Waals surface area contributed by atoms with Crippen LogP contribution in [-0.4, -0.2) is 32.4 Å². The minimum absolute atomic E-state index is 0.0907. The van der Waals surface area contributed by atoms with Gasteiger partial charge < -0.3 is 15.4 Å². The Labute approximate surface area is 183 Å². The summed E-state index contributed by atoms with van der Waals surface area (Å²) in [5.74, 6) is -0.305. The Balaban J connectivity index is 2.05. The van der Waals surface area contributed by atoms with E-state index in [0.29, 0.717) is 17.8 Å². The van der Waals surface area contributed by atoms with Crippen LogP contribution in [0.2, 0.25) is 0 Å². The second kappa shape index (κ2) is 8.91. The number of hydrogen-bond donors (Lipinski definition) is 2. The number of pyridine rings is 1. The van der Waals surface area contributed by atoms with E-state index in [9.17, 15) is 9.59 Å². The van der Waals surface area contributed by atoms with Gasteiger partial charge in [-0.3, -0.25) is 14.5 Å². The zero-order chi connectivity index (χ0) is 22.8. The van der Waals surface area contributed by atoms with Crippen LogP contribution in [0.5, 0.6) is 0 Å². The molecule has 2 aromatic rings. The van der Waals surface area contributed by atoms with Gasteiger partial charge in [-0.1, -0.05) is 26.0 Å². The number of aromatic nitrogens is 3. The van der Waals surface area contributed by atoms with Gasteiger partial charge in [0, 0.05) is 18.8 Å². The van der Waals surface area contributed by atoms with Crippen molar-refractivity contribution in [2.45, 2.75) is 52.7 Å². The first-order chi connectivity index (χ1) is 14.5. The predicted molar refractivity (Wildman–Crippen MR) is 119 cm³/mol. The number of carbonyl (C=O) groups is 2. The van der Waals surface area contributed by atoms with Gasteiger partial charge in [-0.25, -0.2) is 4.79 Å². The molecule has 2 bridgehead atoms. The van der Waals surface area contributed by atoms with Crippen molar-refractivity contribution in [3.8, 4) is 11.3 Å². The highest BCUT2D eigenvalue weighted by molar-refractivity contribution is 5.97. The number of fused-ring (bicyclic) bond motifs is 4. The van der Waals surface area contributed by atoms with Crippen molar-refractivity contribution >= 4 is 17.7 Å². The quantitative estimate of drug-likeness (QED) is 0.702. The molecule has 0 aromatic carbocycles. The van der Waals surface area contributed by atoms with Gasteiger partial charge in [-0.2, -0.15) is 5.10 Å². The molecular formula is C23H31N5O3.